The molecule has 0 bridgehead atoms. The molecule has 0 N–H and O–H groups in total. The lowest BCUT2D eigenvalue weighted by atomic mass is 10.0. The maximum Gasteiger partial charge on any atom is 0.160 e. The van der Waals surface area contributed by atoms with Gasteiger partial charge in [0.2, 0.25) is 0 Å². The molecule has 0 aliphatic rings. The lowest BCUT2D eigenvalue weighted by Gasteiger charge is -2.16. The van der Waals surface area contributed by atoms with Crippen molar-refractivity contribution in [1.29, 1.82) is 0 Å². The molecule has 23 rings (SSSR count). The molecule has 0 atom stereocenters. The Morgan fingerprint density at radius 2 is 0.389 bits per heavy atom. The monoisotopic (exact) mass is 1380 g/mol. The summed E-state index contributed by atoms with van der Waals surface area (Å²) in [6.45, 7) is 0. The van der Waals surface area contributed by atoms with Crippen LogP contribution in [-0.2, 0) is 0 Å². The Labute approximate surface area is 618 Å². The summed E-state index contributed by atoms with van der Waals surface area (Å²) in [4.78, 5) is 16.7. The van der Waals surface area contributed by atoms with Gasteiger partial charge in [-0.3, -0.25) is 9.13 Å². The van der Waals surface area contributed by atoms with Gasteiger partial charge < -0.3 is 18.3 Å². The van der Waals surface area contributed by atoms with Crippen LogP contribution in [0.1, 0.15) is 0 Å². The number of hydrogen-bond acceptors (Lipinski definition) is 3. The Balaban J connectivity index is 0.793. The molecule has 0 amide bonds. The molecule has 108 heavy (non-hydrogen) atoms. The fourth-order valence-corrected chi connectivity index (χ4v) is 17.7. The van der Waals surface area contributed by atoms with Crippen LogP contribution in [0.15, 0.2) is 370 Å². The second kappa shape index (κ2) is 23.4. The summed E-state index contributed by atoms with van der Waals surface area (Å²) in [5.41, 5.74) is 24.3. The molecule has 9 heteroatoms. The van der Waals surface area contributed by atoms with Crippen LogP contribution in [0.5, 0.6) is 0 Å². The van der Waals surface area contributed by atoms with Crippen molar-refractivity contribution < 1.29 is 0 Å². The van der Waals surface area contributed by atoms with Gasteiger partial charge in [0, 0.05) is 104 Å². The predicted octanol–water partition coefficient (Wildman–Crippen LogP) is 25.1. The number of hydrogen-bond donors (Lipinski definition) is 0. The van der Waals surface area contributed by atoms with Gasteiger partial charge in [0.25, 0.3) is 0 Å². The van der Waals surface area contributed by atoms with Crippen LogP contribution in [0.2, 0.25) is 0 Å². The third-order valence-electron chi connectivity index (χ3n) is 22.4. The third-order valence-corrected chi connectivity index (χ3v) is 22.4. The van der Waals surface area contributed by atoms with E-state index in [1.54, 1.807) is 0 Å². The van der Waals surface area contributed by atoms with E-state index in [2.05, 4.69) is 385 Å². The summed E-state index contributed by atoms with van der Waals surface area (Å²) in [6, 6.07) is 135. The molecule has 0 unspecified atom stereocenters. The molecule has 0 aliphatic heterocycles. The average Bonchev–Trinajstić information content (AvgIpc) is 1.56. The minimum absolute atomic E-state index is 0.648. The van der Waals surface area contributed by atoms with E-state index in [4.69, 9.17) is 15.0 Å². The Bertz CT molecular complexity index is 6690. The highest BCUT2D eigenvalue weighted by molar-refractivity contribution is 6.17. The van der Waals surface area contributed by atoms with E-state index >= 15 is 0 Å². The van der Waals surface area contributed by atoms with Crippen molar-refractivity contribution in [3.8, 4) is 79.4 Å². The molecule has 0 saturated heterocycles. The molecule has 0 radical (unpaired) electrons. The van der Waals surface area contributed by atoms with Gasteiger partial charge in [0.05, 0.1) is 77.6 Å². The maximum absolute atomic E-state index is 6.09. The van der Waals surface area contributed by atoms with Crippen molar-refractivity contribution in [2.45, 2.75) is 0 Å². The van der Waals surface area contributed by atoms with Crippen molar-refractivity contribution in [3.05, 3.63) is 370 Å². The van der Waals surface area contributed by atoms with E-state index in [1.165, 1.54) is 43.1 Å². The van der Waals surface area contributed by atoms with Gasteiger partial charge in [-0.15, -0.1) is 0 Å². The first kappa shape index (κ1) is 59.8. The van der Waals surface area contributed by atoms with Crippen LogP contribution >= 0.6 is 0 Å². The zero-order valence-electron chi connectivity index (χ0n) is 58.2. The molecule has 0 saturated carbocycles. The first-order chi connectivity index (χ1) is 53.6. The standard InChI is InChI=1S/C99H61N9/c1-3-23-63(24-4-1)83-61-84(64-25-5-2-6-26-64)101-99(100-83)65-45-43-62(44-46-65)66-55-97(107-93-51-47-67(103-85-35-15-7-27-71(85)72-28-8-16-36-86(72)103)57-79(93)80-58-68(48-52-94(80)107)104-87-37-17-9-29-73(87)74-30-10-18-38-88(74)104)102-98(56-66)108-95-53-49-69(105-89-39-19-11-31-75(89)76-32-12-20-40-90(76)105)59-81(95)82-60-70(50-54-96(82)108)106-91-41-21-13-33-77(91)78-34-14-22-42-92(78)106/h1-61H. The number of nitrogens with zero attached hydrogens (tertiary/aromatic N) is 9. The largest absolute Gasteiger partial charge is 0.309 e. The fraction of sp³-hybridized carbons (Fsp3) is 0. The van der Waals surface area contributed by atoms with Gasteiger partial charge in [0.15, 0.2) is 5.82 Å². The SMILES string of the molecule is c1ccc(-c2cc(-c3ccccc3)nc(-c3ccc(-c4cc(-n5c6ccc(-n7c8ccccc8c8ccccc87)cc6c6cc(-n7c8ccccc8c8ccccc87)ccc65)nc(-n5c6ccc(-n7c8ccccc8c8ccccc87)cc6c6cc(-n7c8ccccc8c8ccccc87)ccc65)c4)cc3)n2)cc1. The van der Waals surface area contributed by atoms with Gasteiger partial charge in [-0.25, -0.2) is 15.0 Å². The van der Waals surface area contributed by atoms with Crippen LogP contribution in [0, 0.1) is 0 Å². The van der Waals surface area contributed by atoms with Gasteiger partial charge >= 0.3 is 0 Å². The Kier molecular flexibility index (Phi) is 13.0. The number of rotatable bonds is 10. The number of pyridine rings is 1. The predicted molar refractivity (Wildman–Crippen MR) is 448 cm³/mol. The zero-order chi connectivity index (χ0) is 70.7. The number of fused-ring (bicyclic) bond motifs is 18. The minimum atomic E-state index is 0.648. The quantitative estimate of drug-likeness (QED) is 0.137. The van der Waals surface area contributed by atoms with E-state index in [0.717, 1.165) is 161 Å². The first-order valence-electron chi connectivity index (χ1n) is 36.8. The molecule has 502 valence electrons. The third kappa shape index (κ3) is 9.03. The van der Waals surface area contributed by atoms with E-state index < -0.39 is 0 Å². The number of para-hydroxylation sites is 8. The molecule has 8 aromatic heterocycles. The van der Waals surface area contributed by atoms with Crippen LogP contribution in [0.4, 0.5) is 0 Å². The Hall–Kier alpha value is -14.7. The highest BCUT2D eigenvalue weighted by Gasteiger charge is 2.25. The van der Waals surface area contributed by atoms with E-state index in [0.29, 0.717) is 5.82 Å². The smallest absolute Gasteiger partial charge is 0.160 e. The van der Waals surface area contributed by atoms with Gasteiger partial charge in [0.1, 0.15) is 11.6 Å². The number of aromatic nitrogens is 9. The molecular weight excluding hydrogens is 1320 g/mol. The molecule has 9 nitrogen and oxygen atoms in total. The molecular formula is C99H61N9. The topological polar surface area (TPSA) is 68.2 Å². The zero-order valence-corrected chi connectivity index (χ0v) is 58.2. The average molecular weight is 1380 g/mol. The molecule has 0 aliphatic carbocycles. The summed E-state index contributed by atoms with van der Waals surface area (Å²) >= 11 is 0. The molecule has 15 aromatic carbocycles. The summed E-state index contributed by atoms with van der Waals surface area (Å²) in [7, 11) is 0. The van der Waals surface area contributed by atoms with Crippen molar-refractivity contribution in [1.82, 2.24) is 42.4 Å². The van der Waals surface area contributed by atoms with Crippen molar-refractivity contribution in [2.75, 3.05) is 0 Å². The maximum atomic E-state index is 6.09. The summed E-state index contributed by atoms with van der Waals surface area (Å²) < 4.78 is 14.5. The van der Waals surface area contributed by atoms with Crippen molar-refractivity contribution in [2.24, 2.45) is 0 Å². The Morgan fingerprint density at radius 1 is 0.148 bits per heavy atom. The normalized spacial score (nSPS) is 12.1. The fourth-order valence-electron chi connectivity index (χ4n) is 17.7. The molecule has 23 aromatic rings. The van der Waals surface area contributed by atoms with Crippen LogP contribution in [0.3, 0.4) is 0 Å². The van der Waals surface area contributed by atoms with Gasteiger partial charge in [-0.2, -0.15) is 0 Å². The van der Waals surface area contributed by atoms with Crippen LogP contribution in [-0.4, -0.2) is 42.4 Å². The lowest BCUT2D eigenvalue weighted by molar-refractivity contribution is 1.01. The van der Waals surface area contributed by atoms with Gasteiger partial charge in [-0.1, -0.05) is 231 Å². The van der Waals surface area contributed by atoms with E-state index in [1.807, 2.05) is 12.1 Å². The molecule has 0 spiro atoms. The highest BCUT2D eigenvalue weighted by atomic mass is 15.1. The summed E-state index contributed by atoms with van der Waals surface area (Å²) in [5, 5.41) is 14.1. The van der Waals surface area contributed by atoms with Crippen molar-refractivity contribution >= 4 is 131 Å². The lowest BCUT2D eigenvalue weighted by Crippen LogP contribution is -2.05. The molecule has 8 heterocycles. The van der Waals surface area contributed by atoms with Crippen LogP contribution < -0.4 is 0 Å². The Morgan fingerprint density at radius 3 is 0.667 bits per heavy atom. The second-order valence-electron chi connectivity index (χ2n) is 28.3. The van der Waals surface area contributed by atoms with Gasteiger partial charge in [-0.05, 0) is 151 Å². The van der Waals surface area contributed by atoms with E-state index in [-0.39, 0.29) is 0 Å². The molecule has 0 fully saturated rings. The van der Waals surface area contributed by atoms with E-state index in [9.17, 15) is 0 Å². The van der Waals surface area contributed by atoms with Crippen LogP contribution in [0.25, 0.3) is 210 Å². The minimum Gasteiger partial charge on any atom is -0.309 e. The first-order valence-corrected chi connectivity index (χ1v) is 36.8. The summed E-state index contributed by atoms with van der Waals surface area (Å²) in [5.74, 6) is 2.19. The summed E-state index contributed by atoms with van der Waals surface area (Å²) in [6.07, 6.45) is 0. The second-order valence-corrected chi connectivity index (χ2v) is 28.3. The number of benzene rings is 15. The van der Waals surface area contributed by atoms with Crippen molar-refractivity contribution in [3.63, 3.8) is 0 Å². The highest BCUT2D eigenvalue weighted by Crippen LogP contribution is 2.45.